The molecular weight excluding hydrogens is 667 g/mol. The van der Waals surface area contributed by atoms with Crippen LogP contribution in [0.3, 0.4) is 0 Å². The number of aromatic nitrogens is 5. The Morgan fingerprint density at radius 3 is 1.98 bits per heavy atom. The molecule has 8 rings (SSSR count). The minimum Gasteiger partial charge on any atom is -0.456 e. The molecule has 0 atom stereocenters. The number of nitrogens with zero attached hydrogens (tertiary/aromatic N) is 7. The number of para-hydroxylation sites is 2. The number of fused-ring (bicyclic) bond motifs is 4. The molecule has 0 fully saturated rings. The van der Waals surface area contributed by atoms with Crippen LogP contribution in [0, 0.1) is 0 Å². The van der Waals surface area contributed by atoms with Crippen LogP contribution in [0.5, 0.6) is 11.5 Å². The summed E-state index contributed by atoms with van der Waals surface area (Å²) in [5.74, 6) is 4.19. The lowest BCUT2D eigenvalue weighted by Crippen LogP contribution is -2.24. The molecule has 3 aromatic heterocycles. The average molecular weight is 714 g/mol. The fraction of sp³-hybridized carbons (Fsp3) is 0.283. The molecule has 54 heavy (non-hydrogen) atoms. The van der Waals surface area contributed by atoms with Gasteiger partial charge >= 0.3 is 6.01 Å². The van der Waals surface area contributed by atoms with Crippen molar-refractivity contribution in [2.45, 2.75) is 78.6 Å². The highest BCUT2D eigenvalue weighted by Gasteiger charge is 2.33. The van der Waals surface area contributed by atoms with E-state index in [-0.39, 0.29) is 16.2 Å². The van der Waals surface area contributed by atoms with Gasteiger partial charge in [-0.25, -0.2) is 19.9 Å². The molecule has 0 amide bonds. The molecule has 270 valence electrons. The van der Waals surface area contributed by atoms with Crippen molar-refractivity contribution in [2.24, 2.45) is 0 Å². The predicted octanol–water partition coefficient (Wildman–Crippen LogP) is 11.0. The Bertz CT molecular complexity index is 2650. The third-order valence-corrected chi connectivity index (χ3v) is 9.87. The molecule has 4 aromatic carbocycles. The number of hydrogen-bond donors (Lipinski definition) is 0. The number of benzene rings is 4. The Labute approximate surface area is 317 Å². The summed E-state index contributed by atoms with van der Waals surface area (Å²) in [5.41, 5.74) is 6.51. The first kappa shape index (κ1) is 35.1. The topological polar surface area (TPSA) is 71.7 Å². The van der Waals surface area contributed by atoms with Crippen molar-refractivity contribution >= 4 is 44.9 Å². The van der Waals surface area contributed by atoms with Crippen molar-refractivity contribution in [2.75, 3.05) is 7.05 Å². The average Bonchev–Trinajstić information content (AvgIpc) is 3.64. The van der Waals surface area contributed by atoms with E-state index in [1.54, 1.807) is 0 Å². The molecule has 0 bridgehead atoms. The van der Waals surface area contributed by atoms with Crippen molar-refractivity contribution in [1.82, 2.24) is 29.1 Å². The van der Waals surface area contributed by atoms with E-state index in [1.165, 1.54) is 5.56 Å². The number of pyridine rings is 1. The van der Waals surface area contributed by atoms with Crippen molar-refractivity contribution in [3.63, 3.8) is 0 Å². The predicted molar refractivity (Wildman–Crippen MR) is 219 cm³/mol. The van der Waals surface area contributed by atoms with Gasteiger partial charge in [0.05, 0.1) is 22.7 Å². The Kier molecular flexibility index (Phi) is 8.16. The minimum absolute atomic E-state index is 0.0402. The van der Waals surface area contributed by atoms with Crippen LogP contribution in [-0.2, 0) is 16.2 Å². The SMILES string of the molecule is C[N+]1=C=[N+](c2cccc(Oc3cc4c(cc3-c3nc(C(C)(C)C)nc(C(C)(C)C)n3)c3cc(C(C)(C)C)ccc3n4-c3ccccn3)c2)c2ccccc21. The minimum atomic E-state index is -0.306. The number of ether oxygens (including phenoxy) is 1. The van der Waals surface area contributed by atoms with Gasteiger partial charge in [-0.2, -0.15) is 0 Å². The zero-order chi connectivity index (χ0) is 38.2. The van der Waals surface area contributed by atoms with Crippen molar-refractivity contribution in [3.05, 3.63) is 120 Å². The Balaban J connectivity index is 1.41. The van der Waals surface area contributed by atoms with E-state index in [9.17, 15) is 0 Å². The van der Waals surface area contributed by atoms with Crippen LogP contribution in [-0.4, -0.2) is 42.1 Å². The smallest absolute Gasteiger partial charge is 0.456 e. The van der Waals surface area contributed by atoms with Crippen molar-refractivity contribution in [1.29, 1.82) is 0 Å². The van der Waals surface area contributed by atoms with E-state index in [0.717, 1.165) is 61.9 Å². The Hall–Kier alpha value is -5.98. The monoisotopic (exact) mass is 713 g/mol. The number of rotatable bonds is 5. The molecule has 1 aliphatic heterocycles. The van der Waals surface area contributed by atoms with E-state index in [0.29, 0.717) is 17.3 Å². The van der Waals surface area contributed by atoms with Crippen LogP contribution < -0.4 is 9.31 Å². The first-order valence-corrected chi connectivity index (χ1v) is 18.5. The van der Waals surface area contributed by atoms with Gasteiger partial charge in [-0.1, -0.05) is 97.2 Å². The lowest BCUT2D eigenvalue weighted by molar-refractivity contribution is -0.394. The Morgan fingerprint density at radius 2 is 1.31 bits per heavy atom. The van der Waals surface area contributed by atoms with Crippen molar-refractivity contribution < 1.29 is 9.31 Å². The lowest BCUT2D eigenvalue weighted by atomic mass is 9.86. The summed E-state index contributed by atoms with van der Waals surface area (Å²) in [7, 11) is 2.01. The standard InChI is InChI=1S/C46H47N7O/c1-44(2,3)29-21-22-35-32(24-29)33-26-34(41-48-42(45(4,5)6)50-43(49-41)46(7,8)9)39(27-38(33)53(35)40-20-13-14-23-47-40)54-31-17-15-16-30(25-31)52-28-51(10)36-18-11-12-19-37(36)52/h11-27H,1-10H3/q+2. The molecular formula is C46H47N7O+2. The molecule has 0 radical (unpaired) electrons. The van der Waals surface area contributed by atoms with Gasteiger partial charge in [0, 0.05) is 52.1 Å². The van der Waals surface area contributed by atoms with E-state index in [4.69, 9.17) is 24.7 Å². The highest BCUT2D eigenvalue weighted by Crippen LogP contribution is 2.43. The summed E-state index contributed by atoms with van der Waals surface area (Å²) in [4.78, 5) is 20.2. The third-order valence-electron chi connectivity index (χ3n) is 9.87. The molecule has 8 nitrogen and oxygen atoms in total. The van der Waals surface area contributed by atoms with Gasteiger partial charge in [-0.15, -0.1) is 0 Å². The van der Waals surface area contributed by atoms with Gasteiger partial charge in [-0.05, 0) is 52.0 Å². The molecule has 0 saturated heterocycles. The van der Waals surface area contributed by atoms with Crippen LogP contribution in [0.1, 0.15) is 79.5 Å². The fourth-order valence-electron chi connectivity index (χ4n) is 6.88. The van der Waals surface area contributed by atoms with Crippen LogP contribution in [0.25, 0.3) is 39.0 Å². The first-order chi connectivity index (χ1) is 25.6. The van der Waals surface area contributed by atoms with Crippen LogP contribution in [0.4, 0.5) is 17.1 Å². The van der Waals surface area contributed by atoms with Gasteiger partial charge in [-0.3, -0.25) is 4.57 Å². The maximum Gasteiger partial charge on any atom is 0.496 e. The molecule has 1 aliphatic rings. The summed E-state index contributed by atoms with van der Waals surface area (Å²) in [6, 6.07) is 37.0. The normalized spacial score (nSPS) is 13.3. The van der Waals surface area contributed by atoms with Crippen LogP contribution in [0.15, 0.2) is 103 Å². The number of hydrogen-bond acceptors (Lipinski definition) is 5. The zero-order valence-electron chi connectivity index (χ0n) is 32.9. The molecule has 8 heteroatoms. The van der Waals surface area contributed by atoms with Crippen LogP contribution >= 0.6 is 0 Å². The van der Waals surface area contributed by atoms with E-state index in [2.05, 4.69) is 132 Å². The second-order valence-electron chi connectivity index (χ2n) is 17.3. The van der Waals surface area contributed by atoms with Gasteiger partial charge in [0.15, 0.2) is 12.9 Å². The van der Waals surface area contributed by atoms with Gasteiger partial charge in [0.1, 0.15) is 29.0 Å². The fourth-order valence-corrected chi connectivity index (χ4v) is 6.88. The summed E-state index contributed by atoms with van der Waals surface area (Å²) in [6.07, 6.45) is 1.84. The molecule has 0 unspecified atom stereocenters. The molecule has 0 saturated carbocycles. The second-order valence-corrected chi connectivity index (χ2v) is 17.3. The largest absolute Gasteiger partial charge is 0.496 e. The first-order valence-electron chi connectivity index (χ1n) is 18.5. The van der Waals surface area contributed by atoms with Crippen molar-refractivity contribution in [3.8, 4) is 28.7 Å². The maximum absolute atomic E-state index is 7.00. The maximum atomic E-state index is 7.00. The summed E-state index contributed by atoms with van der Waals surface area (Å²) in [5, 5.41) is 2.19. The van der Waals surface area contributed by atoms with E-state index in [1.807, 2.05) is 60.3 Å². The van der Waals surface area contributed by atoms with Gasteiger partial charge in [0.25, 0.3) is 11.4 Å². The van der Waals surface area contributed by atoms with E-state index < -0.39 is 0 Å². The molecule has 0 aliphatic carbocycles. The highest BCUT2D eigenvalue weighted by molar-refractivity contribution is 6.11. The third kappa shape index (κ3) is 6.26. The summed E-state index contributed by atoms with van der Waals surface area (Å²) in [6.45, 7) is 19.6. The molecule has 0 N–H and O–H groups in total. The highest BCUT2D eigenvalue weighted by atomic mass is 16.5. The zero-order valence-corrected chi connectivity index (χ0v) is 32.9. The molecule has 7 aromatic rings. The summed E-state index contributed by atoms with van der Waals surface area (Å²) < 4.78 is 13.3. The summed E-state index contributed by atoms with van der Waals surface area (Å²) >= 11 is 0. The Morgan fingerprint density at radius 1 is 0.630 bits per heavy atom. The quantitative estimate of drug-likeness (QED) is 0.166. The molecule has 0 spiro atoms. The lowest BCUT2D eigenvalue weighted by Gasteiger charge is -2.23. The van der Waals surface area contributed by atoms with Crippen LogP contribution in [0.2, 0.25) is 0 Å². The second kappa shape index (κ2) is 12.6. The molecule has 4 heterocycles. The van der Waals surface area contributed by atoms with E-state index >= 15 is 0 Å². The van der Waals surface area contributed by atoms with Gasteiger partial charge < -0.3 is 4.74 Å². The van der Waals surface area contributed by atoms with Gasteiger partial charge in [0.2, 0.25) is 5.69 Å².